The molecule has 0 aliphatic heterocycles. The van der Waals surface area contributed by atoms with Crippen LogP contribution in [0.2, 0.25) is 0 Å². The Balaban J connectivity index is 2.84. The average molecular weight is 207 g/mol. The van der Waals surface area contributed by atoms with E-state index in [1.807, 2.05) is 30.3 Å². The highest BCUT2D eigenvalue weighted by Crippen LogP contribution is 2.32. The molecule has 3 heteroatoms. The van der Waals surface area contributed by atoms with Crippen LogP contribution in [0.3, 0.4) is 0 Å². The normalized spacial score (nSPS) is 10.5. The lowest BCUT2D eigenvalue weighted by Crippen LogP contribution is -1.86. The largest absolute Gasteiger partial charge is 0.398 e. The van der Waals surface area contributed by atoms with E-state index in [1.54, 1.807) is 0 Å². The molecular weight excluding hydrogens is 198 g/mol. The first-order valence-corrected chi connectivity index (χ1v) is 5.78. The van der Waals surface area contributed by atoms with Crippen LogP contribution < -0.4 is 5.73 Å². The third-order valence-electron chi connectivity index (χ3n) is 2.01. The maximum Gasteiger partial charge on any atom is 0.0394 e. The highest BCUT2D eigenvalue weighted by molar-refractivity contribution is 8.68. The summed E-state index contributed by atoms with van der Waals surface area (Å²) < 4.78 is 0. The fraction of sp³-hybridized carbons (Fsp3) is 0. The minimum absolute atomic E-state index is 0.821. The number of rotatable bonds is 1. The van der Waals surface area contributed by atoms with Gasteiger partial charge in [0.1, 0.15) is 0 Å². The maximum absolute atomic E-state index is 5.85. The van der Waals surface area contributed by atoms with E-state index in [4.69, 9.17) is 5.73 Å². The molecule has 0 saturated carbocycles. The second-order valence-corrected chi connectivity index (χ2v) is 3.96. The van der Waals surface area contributed by atoms with Crippen LogP contribution in [0.1, 0.15) is 0 Å². The van der Waals surface area contributed by atoms with Crippen LogP contribution in [0.25, 0.3) is 10.8 Å². The second kappa shape index (κ2) is 3.52. The molecule has 2 aromatic carbocycles. The van der Waals surface area contributed by atoms with Gasteiger partial charge in [0, 0.05) is 16.0 Å². The minimum Gasteiger partial charge on any atom is -0.398 e. The average Bonchev–Trinajstić information content (AvgIpc) is 2.18. The van der Waals surface area contributed by atoms with Crippen LogP contribution in [0.5, 0.6) is 0 Å². The van der Waals surface area contributed by atoms with Crippen LogP contribution in [0, 0.1) is 0 Å². The quantitative estimate of drug-likeness (QED) is 0.426. The third-order valence-corrected chi connectivity index (χ3v) is 3.16. The molecule has 66 valence electrons. The van der Waals surface area contributed by atoms with Gasteiger partial charge in [-0.3, -0.25) is 0 Å². The van der Waals surface area contributed by atoms with Gasteiger partial charge in [0.2, 0.25) is 0 Å². The van der Waals surface area contributed by atoms with E-state index in [9.17, 15) is 0 Å². The van der Waals surface area contributed by atoms with Crippen molar-refractivity contribution in [2.75, 3.05) is 5.73 Å². The Kier molecular flexibility index (Phi) is 2.38. The van der Waals surface area contributed by atoms with Crippen LogP contribution in [0.15, 0.2) is 41.3 Å². The molecule has 13 heavy (non-hydrogen) atoms. The van der Waals surface area contributed by atoms with E-state index in [0.717, 1.165) is 16.0 Å². The first kappa shape index (κ1) is 8.78. The molecule has 0 amide bonds. The van der Waals surface area contributed by atoms with E-state index >= 15 is 0 Å². The summed E-state index contributed by atoms with van der Waals surface area (Å²) in [6, 6.07) is 12.0. The molecule has 2 rings (SSSR count). The van der Waals surface area contributed by atoms with Crippen LogP contribution in [-0.4, -0.2) is 0 Å². The molecule has 0 unspecified atom stereocenters. The van der Waals surface area contributed by atoms with Crippen LogP contribution in [0.4, 0.5) is 5.69 Å². The van der Waals surface area contributed by atoms with Gasteiger partial charge in [-0.25, -0.2) is 0 Å². The molecular formula is C10H9NS2. The Labute approximate surface area is 86.1 Å². The lowest BCUT2D eigenvalue weighted by atomic mass is 10.1. The summed E-state index contributed by atoms with van der Waals surface area (Å²) in [5.41, 5.74) is 6.67. The topological polar surface area (TPSA) is 26.0 Å². The summed E-state index contributed by atoms with van der Waals surface area (Å²) in [6.45, 7) is 0. The Hall–Kier alpha value is -0.800. The summed E-state index contributed by atoms with van der Waals surface area (Å²) in [5.74, 6) is 0. The number of benzene rings is 2. The predicted octanol–water partition coefficient (Wildman–Crippen LogP) is 3.36. The molecule has 0 bridgehead atoms. The fourth-order valence-corrected chi connectivity index (χ4v) is 2.28. The van der Waals surface area contributed by atoms with Crippen molar-refractivity contribution >= 4 is 38.9 Å². The molecule has 2 N–H and O–H groups in total. The predicted molar refractivity (Wildman–Crippen MR) is 63.2 cm³/mol. The molecule has 0 aliphatic rings. The zero-order chi connectivity index (χ0) is 9.26. The van der Waals surface area contributed by atoms with Crippen molar-refractivity contribution in [3.63, 3.8) is 0 Å². The van der Waals surface area contributed by atoms with Gasteiger partial charge in [-0.2, -0.15) is 0 Å². The smallest absolute Gasteiger partial charge is 0.0394 e. The SMILES string of the molecule is Nc1cccc2c(SS)cccc12. The van der Waals surface area contributed by atoms with E-state index in [-0.39, 0.29) is 0 Å². The van der Waals surface area contributed by atoms with Crippen molar-refractivity contribution in [2.45, 2.75) is 4.90 Å². The molecule has 0 atom stereocenters. The molecule has 0 saturated heterocycles. The minimum atomic E-state index is 0.821. The van der Waals surface area contributed by atoms with Crippen LogP contribution >= 0.6 is 22.5 Å². The van der Waals surface area contributed by atoms with Crippen LogP contribution in [-0.2, 0) is 0 Å². The van der Waals surface area contributed by atoms with Crippen molar-refractivity contribution in [2.24, 2.45) is 0 Å². The number of anilines is 1. The number of fused-ring (bicyclic) bond motifs is 1. The van der Waals surface area contributed by atoms with Crippen molar-refractivity contribution in [3.8, 4) is 0 Å². The van der Waals surface area contributed by atoms with Gasteiger partial charge in [-0.15, -0.1) is 11.7 Å². The van der Waals surface area contributed by atoms with Gasteiger partial charge < -0.3 is 5.73 Å². The maximum atomic E-state index is 5.85. The van der Waals surface area contributed by atoms with Gasteiger partial charge >= 0.3 is 0 Å². The molecule has 1 nitrogen and oxygen atoms in total. The van der Waals surface area contributed by atoms with Crippen molar-refractivity contribution < 1.29 is 0 Å². The Morgan fingerprint density at radius 2 is 1.69 bits per heavy atom. The Morgan fingerprint density at radius 1 is 1.00 bits per heavy atom. The summed E-state index contributed by atoms with van der Waals surface area (Å²) in [5, 5.41) is 2.27. The van der Waals surface area contributed by atoms with Gasteiger partial charge in [0.25, 0.3) is 0 Å². The van der Waals surface area contributed by atoms with Crippen molar-refractivity contribution in [1.82, 2.24) is 0 Å². The molecule has 0 aromatic heterocycles. The molecule has 0 fully saturated rings. The summed E-state index contributed by atoms with van der Waals surface area (Å²) in [4.78, 5) is 1.15. The molecule has 0 spiro atoms. The van der Waals surface area contributed by atoms with E-state index in [2.05, 4.69) is 17.7 Å². The monoisotopic (exact) mass is 207 g/mol. The first-order valence-electron chi connectivity index (χ1n) is 3.91. The van der Waals surface area contributed by atoms with Crippen molar-refractivity contribution in [3.05, 3.63) is 36.4 Å². The lowest BCUT2D eigenvalue weighted by Gasteiger charge is -2.04. The Bertz CT molecular complexity index is 440. The Morgan fingerprint density at radius 3 is 2.46 bits per heavy atom. The summed E-state index contributed by atoms with van der Waals surface area (Å²) in [7, 11) is 1.45. The number of hydrogen-bond acceptors (Lipinski definition) is 3. The molecule has 0 radical (unpaired) electrons. The number of hydrogen-bond donors (Lipinski definition) is 2. The third kappa shape index (κ3) is 1.49. The highest BCUT2D eigenvalue weighted by atomic mass is 33.1. The number of thiol groups is 1. The molecule has 2 aromatic rings. The zero-order valence-corrected chi connectivity index (χ0v) is 8.61. The molecule has 0 aliphatic carbocycles. The van der Waals surface area contributed by atoms with E-state index in [1.165, 1.54) is 16.2 Å². The van der Waals surface area contributed by atoms with E-state index in [0.29, 0.717) is 0 Å². The summed E-state index contributed by atoms with van der Waals surface area (Å²) >= 11 is 4.20. The van der Waals surface area contributed by atoms with Gasteiger partial charge in [0.05, 0.1) is 0 Å². The standard InChI is InChI=1S/C10H9NS2/c11-9-5-1-4-8-7(9)3-2-6-10(8)13-12/h1-6,12H,11H2. The zero-order valence-electron chi connectivity index (χ0n) is 6.90. The lowest BCUT2D eigenvalue weighted by molar-refractivity contribution is 1.56. The first-order chi connectivity index (χ1) is 6.33. The van der Waals surface area contributed by atoms with E-state index < -0.39 is 0 Å². The van der Waals surface area contributed by atoms with Gasteiger partial charge in [-0.05, 0) is 17.5 Å². The number of nitrogens with two attached hydrogens (primary N) is 1. The van der Waals surface area contributed by atoms with Crippen molar-refractivity contribution in [1.29, 1.82) is 0 Å². The van der Waals surface area contributed by atoms with Gasteiger partial charge in [0.15, 0.2) is 0 Å². The molecule has 0 heterocycles. The number of nitrogen functional groups attached to an aromatic ring is 1. The highest BCUT2D eigenvalue weighted by Gasteiger charge is 2.00. The van der Waals surface area contributed by atoms with Gasteiger partial charge in [-0.1, -0.05) is 35.1 Å². The second-order valence-electron chi connectivity index (χ2n) is 2.79. The summed E-state index contributed by atoms with van der Waals surface area (Å²) in [6.07, 6.45) is 0. The fourth-order valence-electron chi connectivity index (χ4n) is 1.39.